The fourth-order valence-corrected chi connectivity index (χ4v) is 3.73. The van der Waals surface area contributed by atoms with Crippen molar-refractivity contribution in [2.75, 3.05) is 7.11 Å². The van der Waals surface area contributed by atoms with Crippen LogP contribution >= 0.6 is 0 Å². The van der Waals surface area contributed by atoms with E-state index in [1.54, 1.807) is 7.11 Å². The third kappa shape index (κ3) is 5.40. The maximum Gasteiger partial charge on any atom is 0.137 e. The molecule has 1 aliphatic heterocycles. The first-order valence-electron chi connectivity index (χ1n) is 10.2. The van der Waals surface area contributed by atoms with Crippen LogP contribution in [0, 0.1) is 0 Å². The predicted octanol–water partition coefficient (Wildman–Crippen LogP) is 3.53. The molecule has 2 heterocycles. The van der Waals surface area contributed by atoms with E-state index in [0.717, 1.165) is 43.9 Å². The van der Waals surface area contributed by atoms with Gasteiger partial charge in [0.2, 0.25) is 0 Å². The number of ether oxygens (including phenoxy) is 1. The molecule has 5 heteroatoms. The van der Waals surface area contributed by atoms with Gasteiger partial charge < -0.3 is 15.4 Å². The summed E-state index contributed by atoms with van der Waals surface area (Å²) in [4.78, 5) is 8.92. The van der Waals surface area contributed by atoms with Crippen molar-refractivity contribution in [3.05, 3.63) is 89.0 Å². The third-order valence-electron chi connectivity index (χ3n) is 5.41. The molecule has 0 spiro atoms. The normalized spacial score (nSPS) is 20.6. The largest absolute Gasteiger partial charge is 0.495 e. The number of hydrogen-bond donors (Lipinski definition) is 2. The first-order valence-corrected chi connectivity index (χ1v) is 10.2. The van der Waals surface area contributed by atoms with Gasteiger partial charge in [-0.15, -0.1) is 0 Å². The average molecular weight is 389 g/mol. The topological polar surface area (TPSA) is 58.5 Å². The Morgan fingerprint density at radius 1 is 1.00 bits per heavy atom. The molecule has 0 amide bonds. The molecule has 150 valence electrons. The second-order valence-corrected chi connectivity index (χ2v) is 7.52. The monoisotopic (exact) mass is 388 g/mol. The van der Waals surface area contributed by atoms with Gasteiger partial charge in [0.05, 0.1) is 25.1 Å². The van der Waals surface area contributed by atoms with E-state index in [1.165, 1.54) is 16.7 Å². The Labute approximate surface area is 172 Å². The maximum absolute atomic E-state index is 5.31. The van der Waals surface area contributed by atoms with Crippen molar-refractivity contribution < 1.29 is 4.74 Å². The van der Waals surface area contributed by atoms with E-state index in [9.17, 15) is 0 Å². The molecule has 2 N–H and O–H groups in total. The number of rotatable bonds is 8. The molecule has 1 aromatic carbocycles. The number of nitrogens with zero attached hydrogens (tertiary/aromatic N) is 2. The lowest BCUT2D eigenvalue weighted by atomic mass is 9.89. The zero-order valence-corrected chi connectivity index (χ0v) is 16.8. The molecule has 2 aromatic rings. The molecule has 2 aliphatic rings. The molecule has 29 heavy (non-hydrogen) atoms. The number of allylic oxidation sites excluding steroid dienone is 1. The summed E-state index contributed by atoms with van der Waals surface area (Å²) in [6, 6.07) is 15.5. The Bertz CT molecular complexity index is 887. The minimum atomic E-state index is 0.296. The molecule has 2 unspecified atom stereocenters. The smallest absolute Gasteiger partial charge is 0.137 e. The van der Waals surface area contributed by atoms with Gasteiger partial charge >= 0.3 is 0 Å². The van der Waals surface area contributed by atoms with E-state index in [0.29, 0.717) is 12.1 Å². The highest BCUT2D eigenvalue weighted by Crippen LogP contribution is 2.26. The minimum Gasteiger partial charge on any atom is -0.495 e. The van der Waals surface area contributed by atoms with Gasteiger partial charge in [0.25, 0.3) is 0 Å². The number of dihydropyridines is 1. The van der Waals surface area contributed by atoms with Crippen molar-refractivity contribution in [2.24, 2.45) is 4.99 Å². The SMILES string of the molecule is COC1=CC2=CC(NCc3ccc(CNCc4ccccn4)cc3)CCC2N=C1. The number of methoxy groups -OCH3 is 1. The second kappa shape index (κ2) is 9.63. The molecular weight excluding hydrogens is 360 g/mol. The highest BCUT2D eigenvalue weighted by Gasteiger charge is 2.23. The molecule has 2 atom stereocenters. The van der Waals surface area contributed by atoms with E-state index in [-0.39, 0.29) is 0 Å². The Kier molecular flexibility index (Phi) is 6.49. The molecule has 0 bridgehead atoms. The molecule has 0 fully saturated rings. The lowest BCUT2D eigenvalue weighted by molar-refractivity contribution is 0.314. The summed E-state index contributed by atoms with van der Waals surface area (Å²) in [5, 5.41) is 7.11. The Morgan fingerprint density at radius 3 is 2.59 bits per heavy atom. The van der Waals surface area contributed by atoms with Crippen molar-refractivity contribution in [1.82, 2.24) is 15.6 Å². The van der Waals surface area contributed by atoms with Crippen LogP contribution in [-0.2, 0) is 24.4 Å². The fourth-order valence-electron chi connectivity index (χ4n) is 3.73. The summed E-state index contributed by atoms with van der Waals surface area (Å²) in [5.41, 5.74) is 4.91. The lowest BCUT2D eigenvalue weighted by Gasteiger charge is -2.28. The van der Waals surface area contributed by atoms with Gasteiger partial charge in [0.15, 0.2) is 0 Å². The number of pyridine rings is 1. The van der Waals surface area contributed by atoms with Crippen LogP contribution in [0.3, 0.4) is 0 Å². The summed E-state index contributed by atoms with van der Waals surface area (Å²) < 4.78 is 5.31. The van der Waals surface area contributed by atoms with Gasteiger partial charge in [0, 0.05) is 31.9 Å². The van der Waals surface area contributed by atoms with Crippen molar-refractivity contribution >= 4 is 6.21 Å². The van der Waals surface area contributed by atoms with E-state index < -0.39 is 0 Å². The average Bonchev–Trinajstić information content (AvgIpc) is 2.78. The Hall–Kier alpha value is -2.76. The van der Waals surface area contributed by atoms with Crippen LogP contribution in [0.5, 0.6) is 0 Å². The first kappa shape index (κ1) is 19.6. The minimum absolute atomic E-state index is 0.296. The summed E-state index contributed by atoms with van der Waals surface area (Å²) in [5.74, 6) is 0.834. The first-order chi connectivity index (χ1) is 14.3. The highest BCUT2D eigenvalue weighted by atomic mass is 16.5. The van der Waals surface area contributed by atoms with Gasteiger partial charge in [-0.1, -0.05) is 36.4 Å². The van der Waals surface area contributed by atoms with Crippen molar-refractivity contribution in [3.63, 3.8) is 0 Å². The summed E-state index contributed by atoms with van der Waals surface area (Å²) in [7, 11) is 1.69. The van der Waals surface area contributed by atoms with E-state index in [4.69, 9.17) is 4.74 Å². The summed E-state index contributed by atoms with van der Waals surface area (Å²) in [6.45, 7) is 2.49. The van der Waals surface area contributed by atoms with Crippen molar-refractivity contribution in [1.29, 1.82) is 0 Å². The zero-order valence-electron chi connectivity index (χ0n) is 16.8. The summed E-state index contributed by atoms with van der Waals surface area (Å²) >= 11 is 0. The number of aliphatic imine (C=N–C) groups is 1. The van der Waals surface area contributed by atoms with Gasteiger partial charge in [-0.05, 0) is 47.8 Å². The maximum atomic E-state index is 5.31. The Balaban J connectivity index is 1.25. The van der Waals surface area contributed by atoms with Gasteiger partial charge in [-0.3, -0.25) is 9.98 Å². The summed E-state index contributed by atoms with van der Waals surface area (Å²) in [6.07, 6.45) is 10.3. The van der Waals surface area contributed by atoms with E-state index in [2.05, 4.69) is 57.0 Å². The number of aromatic nitrogens is 1. The lowest BCUT2D eigenvalue weighted by Crippen LogP contribution is -2.32. The molecule has 1 aromatic heterocycles. The molecule has 0 saturated carbocycles. The number of benzene rings is 1. The van der Waals surface area contributed by atoms with Gasteiger partial charge in [0.1, 0.15) is 5.76 Å². The molecule has 4 rings (SSSR count). The Morgan fingerprint density at radius 2 is 1.83 bits per heavy atom. The van der Waals surface area contributed by atoms with Crippen LogP contribution in [0.4, 0.5) is 0 Å². The molecule has 0 radical (unpaired) electrons. The third-order valence-corrected chi connectivity index (χ3v) is 5.41. The predicted molar refractivity (Wildman–Crippen MR) is 117 cm³/mol. The molecule has 5 nitrogen and oxygen atoms in total. The van der Waals surface area contributed by atoms with Crippen LogP contribution in [0.15, 0.2) is 77.1 Å². The van der Waals surface area contributed by atoms with Gasteiger partial charge in [-0.25, -0.2) is 0 Å². The highest BCUT2D eigenvalue weighted by molar-refractivity contribution is 5.79. The van der Waals surface area contributed by atoms with E-state index in [1.807, 2.05) is 30.6 Å². The number of fused-ring (bicyclic) bond motifs is 1. The van der Waals surface area contributed by atoms with Crippen LogP contribution in [-0.4, -0.2) is 30.4 Å². The van der Waals surface area contributed by atoms with Crippen LogP contribution < -0.4 is 10.6 Å². The standard InChI is InChI=1S/C24H28N4O/c1-29-23-13-20-12-21(9-10-24(20)28-17-23)27-15-19-7-5-18(6-8-19)14-25-16-22-4-2-3-11-26-22/h2-8,11-13,17,21,24-25,27H,9-10,14-16H2,1H3. The van der Waals surface area contributed by atoms with Crippen LogP contribution in [0.1, 0.15) is 29.7 Å². The van der Waals surface area contributed by atoms with Gasteiger partial charge in [-0.2, -0.15) is 0 Å². The molecular formula is C24H28N4O. The number of hydrogen-bond acceptors (Lipinski definition) is 5. The quantitative estimate of drug-likeness (QED) is 0.726. The second-order valence-electron chi connectivity index (χ2n) is 7.52. The van der Waals surface area contributed by atoms with E-state index >= 15 is 0 Å². The van der Waals surface area contributed by atoms with Crippen molar-refractivity contribution in [2.45, 2.75) is 44.6 Å². The molecule has 1 aliphatic carbocycles. The number of nitrogens with one attached hydrogen (secondary N) is 2. The van der Waals surface area contributed by atoms with Crippen LogP contribution in [0.2, 0.25) is 0 Å². The molecule has 0 saturated heterocycles. The van der Waals surface area contributed by atoms with Crippen LogP contribution in [0.25, 0.3) is 0 Å². The zero-order chi connectivity index (χ0) is 19.9. The van der Waals surface area contributed by atoms with Crippen molar-refractivity contribution in [3.8, 4) is 0 Å². The fraction of sp³-hybridized carbons (Fsp3) is 0.333.